The van der Waals surface area contributed by atoms with Gasteiger partial charge in [-0.25, -0.2) is 4.39 Å². The number of aliphatic hydroxyl groups is 1. The second-order valence-corrected chi connectivity index (χ2v) is 5.87. The summed E-state index contributed by atoms with van der Waals surface area (Å²) in [5, 5.41) is 10.7. The van der Waals surface area contributed by atoms with Gasteiger partial charge in [0.15, 0.2) is 0 Å². The lowest BCUT2D eigenvalue weighted by molar-refractivity contribution is -0.0231. The molecule has 0 aliphatic heterocycles. The van der Waals surface area contributed by atoms with Gasteiger partial charge in [-0.3, -0.25) is 4.90 Å². The van der Waals surface area contributed by atoms with Crippen molar-refractivity contribution in [1.82, 2.24) is 4.90 Å². The van der Waals surface area contributed by atoms with Crippen molar-refractivity contribution in [3.8, 4) is 0 Å². The number of aliphatic hydroxyl groups excluding tert-OH is 1. The minimum Gasteiger partial charge on any atom is -0.386 e. The molecule has 0 fully saturated rings. The first-order valence-electron chi connectivity index (χ1n) is 6.78. The lowest BCUT2D eigenvalue weighted by Crippen LogP contribution is -2.50. The zero-order valence-corrected chi connectivity index (χ0v) is 13.7. The molecule has 2 nitrogen and oxygen atoms in total. The van der Waals surface area contributed by atoms with Crippen molar-refractivity contribution >= 4 is 15.9 Å². The Hall–Kier alpha value is -0.450. The summed E-state index contributed by atoms with van der Waals surface area (Å²) < 4.78 is 14.7. The Morgan fingerprint density at radius 1 is 1.32 bits per heavy atom. The second kappa shape index (κ2) is 6.82. The molecule has 0 aromatic heterocycles. The van der Waals surface area contributed by atoms with Crippen molar-refractivity contribution in [2.24, 2.45) is 0 Å². The van der Waals surface area contributed by atoms with Gasteiger partial charge in [0.1, 0.15) is 5.82 Å². The summed E-state index contributed by atoms with van der Waals surface area (Å²) in [4.78, 5) is 2.18. The van der Waals surface area contributed by atoms with Crippen molar-refractivity contribution in [3.63, 3.8) is 0 Å². The van der Waals surface area contributed by atoms with Crippen LogP contribution >= 0.6 is 15.9 Å². The van der Waals surface area contributed by atoms with E-state index in [2.05, 4.69) is 34.7 Å². The topological polar surface area (TPSA) is 23.5 Å². The molecule has 0 spiro atoms. The van der Waals surface area contributed by atoms with E-state index < -0.39 is 11.6 Å². The average Bonchev–Trinajstić information content (AvgIpc) is 2.41. The molecule has 0 saturated carbocycles. The molecule has 0 aliphatic carbocycles. The SMILES string of the molecule is CCN(CC)C(C)(CC)C(O)c1cc(Br)ccc1F. The summed E-state index contributed by atoms with van der Waals surface area (Å²) in [5.41, 5.74) is -0.115. The predicted octanol–water partition coefficient (Wildman–Crippen LogP) is 4.13. The Morgan fingerprint density at radius 3 is 2.37 bits per heavy atom. The van der Waals surface area contributed by atoms with E-state index in [4.69, 9.17) is 0 Å². The first kappa shape index (κ1) is 16.6. The van der Waals surface area contributed by atoms with E-state index in [0.29, 0.717) is 5.56 Å². The Bertz CT molecular complexity index is 423. The molecule has 1 rings (SSSR count). The molecule has 108 valence electrons. The van der Waals surface area contributed by atoms with Crippen molar-refractivity contribution in [2.75, 3.05) is 13.1 Å². The average molecular weight is 332 g/mol. The van der Waals surface area contributed by atoms with Crippen LogP contribution in [0.5, 0.6) is 0 Å². The van der Waals surface area contributed by atoms with Gasteiger partial charge in [-0.05, 0) is 44.6 Å². The molecule has 1 aromatic rings. The fourth-order valence-electron chi connectivity index (χ4n) is 2.60. The van der Waals surface area contributed by atoms with Gasteiger partial charge < -0.3 is 5.11 Å². The molecular formula is C15H23BrFNO. The van der Waals surface area contributed by atoms with Crippen molar-refractivity contribution in [1.29, 1.82) is 0 Å². The van der Waals surface area contributed by atoms with Crippen LogP contribution in [0.15, 0.2) is 22.7 Å². The van der Waals surface area contributed by atoms with Gasteiger partial charge in [0.2, 0.25) is 0 Å². The summed E-state index contributed by atoms with van der Waals surface area (Å²) in [6.07, 6.45) is -0.100. The van der Waals surface area contributed by atoms with Crippen molar-refractivity contribution in [2.45, 2.75) is 45.8 Å². The minimum absolute atomic E-state index is 0.352. The summed E-state index contributed by atoms with van der Waals surface area (Å²) in [6, 6.07) is 4.70. The normalized spacial score (nSPS) is 16.4. The molecule has 1 N–H and O–H groups in total. The molecule has 2 atom stereocenters. The molecule has 1 aromatic carbocycles. The first-order chi connectivity index (χ1) is 8.90. The van der Waals surface area contributed by atoms with Crippen LogP contribution in [0, 0.1) is 5.82 Å². The third-order valence-corrected chi connectivity index (χ3v) is 4.54. The highest BCUT2D eigenvalue weighted by Crippen LogP contribution is 2.36. The molecule has 0 radical (unpaired) electrons. The van der Waals surface area contributed by atoms with Gasteiger partial charge in [0.25, 0.3) is 0 Å². The fourth-order valence-corrected chi connectivity index (χ4v) is 2.97. The zero-order chi connectivity index (χ0) is 14.6. The molecule has 0 saturated heterocycles. The molecule has 0 heterocycles. The van der Waals surface area contributed by atoms with Crippen LogP contribution in [0.4, 0.5) is 4.39 Å². The predicted molar refractivity (Wildman–Crippen MR) is 80.7 cm³/mol. The number of likely N-dealkylation sites (N-methyl/N-ethyl adjacent to an activating group) is 1. The van der Waals surface area contributed by atoms with Crippen LogP contribution in [-0.2, 0) is 0 Å². The molecule has 0 bridgehead atoms. The first-order valence-corrected chi connectivity index (χ1v) is 7.58. The molecule has 2 unspecified atom stereocenters. The largest absolute Gasteiger partial charge is 0.386 e. The molecule has 4 heteroatoms. The smallest absolute Gasteiger partial charge is 0.129 e. The Balaban J connectivity index is 3.20. The third-order valence-electron chi connectivity index (χ3n) is 4.04. The summed E-state index contributed by atoms with van der Waals surface area (Å²) >= 11 is 3.33. The number of rotatable bonds is 6. The Labute approximate surface area is 123 Å². The number of hydrogen-bond donors (Lipinski definition) is 1. The van der Waals surface area contributed by atoms with Gasteiger partial charge in [-0.15, -0.1) is 0 Å². The van der Waals surface area contributed by atoms with E-state index in [1.54, 1.807) is 12.1 Å². The van der Waals surface area contributed by atoms with Crippen molar-refractivity contribution < 1.29 is 9.50 Å². The van der Waals surface area contributed by atoms with E-state index in [1.807, 2.05) is 13.8 Å². The van der Waals surface area contributed by atoms with E-state index in [1.165, 1.54) is 6.07 Å². The minimum atomic E-state index is -0.852. The van der Waals surface area contributed by atoms with Crippen LogP contribution < -0.4 is 0 Å². The van der Waals surface area contributed by atoms with Crippen LogP contribution in [0.25, 0.3) is 0 Å². The number of benzene rings is 1. The molecule has 0 aliphatic rings. The van der Waals surface area contributed by atoms with E-state index in [0.717, 1.165) is 24.0 Å². The highest BCUT2D eigenvalue weighted by molar-refractivity contribution is 9.10. The van der Waals surface area contributed by atoms with Gasteiger partial charge in [-0.2, -0.15) is 0 Å². The molecular weight excluding hydrogens is 309 g/mol. The number of nitrogens with zero attached hydrogens (tertiary/aromatic N) is 1. The maximum atomic E-state index is 14.0. The van der Waals surface area contributed by atoms with Crippen LogP contribution in [0.1, 0.15) is 45.8 Å². The van der Waals surface area contributed by atoms with Gasteiger partial charge in [0, 0.05) is 15.6 Å². The van der Waals surface area contributed by atoms with Gasteiger partial charge >= 0.3 is 0 Å². The third kappa shape index (κ3) is 3.36. The highest BCUT2D eigenvalue weighted by Gasteiger charge is 2.38. The van der Waals surface area contributed by atoms with Gasteiger partial charge in [-0.1, -0.05) is 36.7 Å². The summed E-state index contributed by atoms with van der Waals surface area (Å²) in [7, 11) is 0. The van der Waals surface area contributed by atoms with Crippen molar-refractivity contribution in [3.05, 3.63) is 34.1 Å². The lowest BCUT2D eigenvalue weighted by atomic mass is 9.85. The summed E-state index contributed by atoms with van der Waals surface area (Å²) in [5.74, 6) is -0.359. The second-order valence-electron chi connectivity index (χ2n) is 4.95. The summed E-state index contributed by atoms with van der Waals surface area (Å²) in [6.45, 7) is 9.78. The van der Waals surface area contributed by atoms with E-state index in [-0.39, 0.29) is 5.82 Å². The fraction of sp³-hybridized carbons (Fsp3) is 0.600. The maximum Gasteiger partial charge on any atom is 0.129 e. The Morgan fingerprint density at radius 2 is 1.89 bits per heavy atom. The van der Waals surface area contributed by atoms with Crippen LogP contribution in [0.3, 0.4) is 0 Å². The quantitative estimate of drug-likeness (QED) is 0.847. The Kier molecular flexibility index (Phi) is 5.96. The monoisotopic (exact) mass is 331 g/mol. The van der Waals surface area contributed by atoms with Crippen LogP contribution in [-0.4, -0.2) is 28.6 Å². The molecule has 0 amide bonds. The highest BCUT2D eigenvalue weighted by atomic mass is 79.9. The van der Waals surface area contributed by atoms with E-state index in [9.17, 15) is 9.50 Å². The maximum absolute atomic E-state index is 14.0. The lowest BCUT2D eigenvalue weighted by Gasteiger charge is -2.43. The number of hydrogen-bond acceptors (Lipinski definition) is 2. The number of halogens is 2. The van der Waals surface area contributed by atoms with E-state index >= 15 is 0 Å². The standard InChI is InChI=1S/C15H23BrFNO/c1-5-15(4,18(6-2)7-3)14(19)12-10-11(16)8-9-13(12)17/h8-10,14,19H,5-7H2,1-4H3. The molecule has 19 heavy (non-hydrogen) atoms. The van der Waals surface area contributed by atoms with Crippen LogP contribution in [0.2, 0.25) is 0 Å². The van der Waals surface area contributed by atoms with Gasteiger partial charge in [0.05, 0.1) is 6.10 Å². The zero-order valence-electron chi connectivity index (χ0n) is 12.1.